The van der Waals surface area contributed by atoms with Crippen LogP contribution in [0.15, 0.2) is 60.7 Å². The summed E-state index contributed by atoms with van der Waals surface area (Å²) in [7, 11) is 0. The van der Waals surface area contributed by atoms with E-state index in [2.05, 4.69) is 52.8 Å². The molecular weight excluding hydrogens is 480 g/mol. The van der Waals surface area contributed by atoms with Crippen LogP contribution >= 0.6 is 0 Å². The van der Waals surface area contributed by atoms with Crippen LogP contribution in [0.5, 0.6) is 17.2 Å². The molecule has 0 aromatic heterocycles. The van der Waals surface area contributed by atoms with Crippen molar-refractivity contribution >= 4 is 21.5 Å². The molecule has 3 aliphatic rings. The van der Waals surface area contributed by atoms with Crippen LogP contribution in [-0.2, 0) is 20.3 Å². The number of phenols is 1. The summed E-state index contributed by atoms with van der Waals surface area (Å²) in [6.45, 7) is 12.0. The molecular formula is C32H32O6. The number of rotatable bonds is 1. The van der Waals surface area contributed by atoms with Crippen LogP contribution in [-0.4, -0.2) is 30.5 Å². The average Bonchev–Trinajstić information content (AvgIpc) is 2.99. The summed E-state index contributed by atoms with van der Waals surface area (Å²) < 4.78 is 19.5. The second-order valence-corrected chi connectivity index (χ2v) is 12.3. The monoisotopic (exact) mass is 512 g/mol. The Morgan fingerprint density at radius 3 is 2.32 bits per heavy atom. The SMILES string of the molecule is CC(C)(C)C12OOC1(c1cc3cc(O)ccc3c3c1OCCOc1ccc4ccccc4c1-3)OCC2(C)C. The van der Waals surface area contributed by atoms with E-state index in [9.17, 15) is 5.11 Å². The van der Waals surface area contributed by atoms with Crippen molar-refractivity contribution in [3.63, 3.8) is 0 Å². The standard InChI is InChI=1S/C32H32O6/c1-29(2,3)32-30(4,5)18-36-31(32,37-38-32)24-17-20-16-21(33)11-12-23(20)27-26-22-9-7-6-8-19(22)10-13-25(26)34-14-15-35-28(24)27/h6-13,16-17,33H,14-15,18H2,1-5H3. The van der Waals surface area contributed by atoms with Gasteiger partial charge in [-0.25, -0.2) is 4.89 Å². The third-order valence-corrected chi connectivity index (χ3v) is 8.55. The van der Waals surface area contributed by atoms with Crippen LogP contribution in [0, 0.1) is 10.8 Å². The van der Waals surface area contributed by atoms with E-state index in [0.717, 1.165) is 44.0 Å². The molecule has 6 nitrogen and oxygen atoms in total. The van der Waals surface area contributed by atoms with Gasteiger partial charge in [0.05, 0.1) is 12.2 Å². The largest absolute Gasteiger partial charge is 0.508 e. The van der Waals surface area contributed by atoms with Gasteiger partial charge in [-0.15, -0.1) is 0 Å². The summed E-state index contributed by atoms with van der Waals surface area (Å²) in [4.78, 5) is 12.2. The van der Waals surface area contributed by atoms with Gasteiger partial charge in [-0.05, 0) is 51.9 Å². The Morgan fingerprint density at radius 1 is 0.789 bits per heavy atom. The Bertz CT molecular complexity index is 1620. The van der Waals surface area contributed by atoms with Crippen LogP contribution in [0.3, 0.4) is 0 Å². The van der Waals surface area contributed by atoms with Crippen LogP contribution in [0.2, 0.25) is 0 Å². The predicted octanol–water partition coefficient (Wildman–Crippen LogP) is 7.09. The molecule has 0 aliphatic carbocycles. The zero-order chi connectivity index (χ0) is 26.5. The number of fused-ring (bicyclic) bond motifs is 8. The summed E-state index contributed by atoms with van der Waals surface area (Å²) >= 11 is 0. The van der Waals surface area contributed by atoms with E-state index in [0.29, 0.717) is 25.6 Å². The molecule has 2 saturated heterocycles. The zero-order valence-corrected chi connectivity index (χ0v) is 22.4. The second-order valence-electron chi connectivity index (χ2n) is 12.3. The molecule has 196 valence electrons. The summed E-state index contributed by atoms with van der Waals surface area (Å²) in [6, 6.07) is 19.9. The van der Waals surface area contributed by atoms with Crippen LogP contribution < -0.4 is 9.47 Å². The fourth-order valence-electron chi connectivity index (χ4n) is 7.16. The van der Waals surface area contributed by atoms with Crippen LogP contribution in [0.1, 0.15) is 40.2 Å². The van der Waals surface area contributed by atoms with Crippen LogP contribution in [0.25, 0.3) is 32.7 Å². The minimum atomic E-state index is -1.19. The lowest BCUT2D eigenvalue weighted by Gasteiger charge is -2.61. The van der Waals surface area contributed by atoms with Gasteiger partial charge in [-0.1, -0.05) is 65.0 Å². The molecule has 3 aliphatic heterocycles. The molecule has 0 saturated carbocycles. The quantitative estimate of drug-likeness (QED) is 0.275. The molecule has 0 amide bonds. The predicted molar refractivity (Wildman–Crippen MR) is 145 cm³/mol. The number of phenolic OH excluding ortho intramolecular Hbond substituents is 1. The van der Waals surface area contributed by atoms with Gasteiger partial charge in [-0.3, -0.25) is 0 Å². The molecule has 2 atom stereocenters. The summed E-state index contributed by atoms with van der Waals surface area (Å²) in [6.07, 6.45) is 0. The first kappa shape index (κ1) is 23.8. The third kappa shape index (κ3) is 2.83. The zero-order valence-electron chi connectivity index (χ0n) is 22.4. The van der Waals surface area contributed by atoms with Gasteiger partial charge >= 0.3 is 0 Å². The van der Waals surface area contributed by atoms with Crippen molar-refractivity contribution in [2.24, 2.45) is 10.8 Å². The lowest BCUT2D eigenvalue weighted by atomic mass is 9.57. The highest BCUT2D eigenvalue weighted by Crippen LogP contribution is 2.71. The fourth-order valence-corrected chi connectivity index (χ4v) is 7.16. The van der Waals surface area contributed by atoms with Gasteiger partial charge in [0.25, 0.3) is 5.79 Å². The fraction of sp³-hybridized carbons (Fsp3) is 0.375. The van der Waals surface area contributed by atoms with E-state index in [1.54, 1.807) is 12.1 Å². The minimum absolute atomic E-state index is 0.183. The lowest BCUT2D eigenvalue weighted by molar-refractivity contribution is -0.626. The summed E-state index contributed by atoms with van der Waals surface area (Å²) in [5.74, 6) is 0.475. The number of aromatic hydroxyl groups is 1. The Balaban J connectivity index is 1.64. The Morgan fingerprint density at radius 2 is 1.55 bits per heavy atom. The van der Waals surface area contributed by atoms with Gasteiger partial charge in [0.15, 0.2) is 5.60 Å². The Labute approximate surface area is 222 Å². The van der Waals surface area contributed by atoms with E-state index in [1.165, 1.54) is 0 Å². The van der Waals surface area contributed by atoms with E-state index in [-0.39, 0.29) is 16.6 Å². The normalized spacial score (nSPS) is 25.8. The maximum atomic E-state index is 10.5. The van der Waals surface area contributed by atoms with Crippen molar-refractivity contribution in [3.05, 3.63) is 66.2 Å². The van der Waals surface area contributed by atoms with Crippen molar-refractivity contribution < 1.29 is 29.1 Å². The minimum Gasteiger partial charge on any atom is -0.508 e. The molecule has 2 unspecified atom stereocenters. The smallest absolute Gasteiger partial charge is 0.265 e. The molecule has 7 rings (SSSR count). The van der Waals surface area contributed by atoms with Gasteiger partial charge in [-0.2, -0.15) is 4.89 Å². The molecule has 6 heteroatoms. The van der Waals surface area contributed by atoms with E-state index in [4.69, 9.17) is 24.0 Å². The van der Waals surface area contributed by atoms with Gasteiger partial charge in [0.2, 0.25) is 0 Å². The molecule has 2 fully saturated rings. The van der Waals surface area contributed by atoms with Crippen LogP contribution in [0.4, 0.5) is 0 Å². The number of benzene rings is 4. The first-order valence-electron chi connectivity index (χ1n) is 13.2. The average molecular weight is 513 g/mol. The lowest BCUT2D eigenvalue weighted by Crippen LogP contribution is -2.73. The topological polar surface area (TPSA) is 66.4 Å². The van der Waals surface area contributed by atoms with Crippen molar-refractivity contribution in [1.82, 2.24) is 0 Å². The summed E-state index contributed by atoms with van der Waals surface area (Å²) in [5.41, 5.74) is 1.14. The van der Waals surface area contributed by atoms with Crippen molar-refractivity contribution in [3.8, 4) is 28.4 Å². The Hall–Kier alpha value is -3.32. The highest BCUT2D eigenvalue weighted by molar-refractivity contribution is 6.10. The van der Waals surface area contributed by atoms with Crippen molar-refractivity contribution in [2.75, 3.05) is 19.8 Å². The molecule has 38 heavy (non-hydrogen) atoms. The Kier molecular flexibility index (Phi) is 4.77. The molecule has 4 aromatic carbocycles. The number of hydrogen-bond donors (Lipinski definition) is 1. The van der Waals surface area contributed by atoms with Gasteiger partial charge < -0.3 is 19.3 Å². The van der Waals surface area contributed by atoms with Crippen molar-refractivity contribution in [2.45, 2.75) is 46.0 Å². The molecule has 1 N–H and O–H groups in total. The van der Waals surface area contributed by atoms with E-state index < -0.39 is 11.4 Å². The first-order chi connectivity index (χ1) is 18.1. The summed E-state index contributed by atoms with van der Waals surface area (Å²) in [5, 5.41) is 14.5. The number of ether oxygens (including phenoxy) is 3. The molecule has 3 heterocycles. The third-order valence-electron chi connectivity index (χ3n) is 8.55. The maximum Gasteiger partial charge on any atom is 0.265 e. The first-order valence-corrected chi connectivity index (χ1v) is 13.2. The van der Waals surface area contributed by atoms with E-state index >= 15 is 0 Å². The number of hydrogen-bond acceptors (Lipinski definition) is 6. The molecule has 0 radical (unpaired) electrons. The molecule has 4 aromatic rings. The van der Waals surface area contributed by atoms with Gasteiger partial charge in [0, 0.05) is 22.0 Å². The van der Waals surface area contributed by atoms with Crippen molar-refractivity contribution in [1.29, 1.82) is 0 Å². The molecule has 0 spiro atoms. The maximum absolute atomic E-state index is 10.5. The van der Waals surface area contributed by atoms with E-state index in [1.807, 2.05) is 30.3 Å². The van der Waals surface area contributed by atoms with Gasteiger partial charge in [0.1, 0.15) is 30.5 Å². The second kappa shape index (κ2) is 7.63. The highest BCUT2D eigenvalue weighted by atomic mass is 17.3. The highest BCUT2D eigenvalue weighted by Gasteiger charge is 2.82. The molecule has 0 bridgehead atoms.